The van der Waals surface area contributed by atoms with E-state index in [1.807, 2.05) is 0 Å². The lowest BCUT2D eigenvalue weighted by atomic mass is 9.91. The number of rotatable bonds is 12. The van der Waals surface area contributed by atoms with Gasteiger partial charge in [-0.2, -0.15) is 0 Å². The van der Waals surface area contributed by atoms with Crippen molar-refractivity contribution in [2.75, 3.05) is 33.0 Å². The molecule has 0 unspecified atom stereocenters. The van der Waals surface area contributed by atoms with Crippen molar-refractivity contribution in [2.24, 2.45) is 27.6 Å². The Hall–Kier alpha value is -0.120. The van der Waals surface area contributed by atoms with Crippen LogP contribution in [0.3, 0.4) is 0 Å². The second kappa shape index (κ2) is 19.9. The van der Waals surface area contributed by atoms with Gasteiger partial charge >= 0.3 is 0 Å². The van der Waals surface area contributed by atoms with Crippen molar-refractivity contribution in [3.05, 3.63) is 0 Å². The largest absolute Gasteiger partial charge is 0.381 e. The van der Waals surface area contributed by atoms with Gasteiger partial charge in [-0.3, -0.25) is 0 Å². The zero-order chi connectivity index (χ0) is 30.0. The molecule has 0 heterocycles. The van der Waals surface area contributed by atoms with Crippen LogP contribution in [0.2, 0.25) is 0 Å². The Labute approximate surface area is 236 Å². The Kier molecular flexibility index (Phi) is 22.2. The van der Waals surface area contributed by atoms with E-state index in [2.05, 4.69) is 118 Å². The minimum atomic E-state index is 0.0257. The van der Waals surface area contributed by atoms with Gasteiger partial charge in [0.25, 0.3) is 0 Å². The molecule has 0 aliphatic carbocycles. The molecular weight excluding hydrogens is 456 g/mol. The Bertz CT molecular complexity index is 456. The summed E-state index contributed by atoms with van der Waals surface area (Å²) in [4.78, 5) is 0. The van der Waals surface area contributed by atoms with Crippen LogP contribution in [0.25, 0.3) is 0 Å². The lowest BCUT2D eigenvalue weighted by Crippen LogP contribution is -2.20. The van der Waals surface area contributed by atoms with E-state index in [0.717, 1.165) is 45.4 Å². The second-order valence-corrected chi connectivity index (χ2v) is 17.0. The van der Waals surface area contributed by atoms with Crippen molar-refractivity contribution >= 4 is 0 Å². The highest BCUT2D eigenvalue weighted by molar-refractivity contribution is 4.64. The molecule has 3 nitrogen and oxygen atoms in total. The molecule has 0 spiro atoms. The smallest absolute Gasteiger partial charge is 0.0598 e. The molecular formula is C34H74O3. The topological polar surface area (TPSA) is 27.7 Å². The van der Waals surface area contributed by atoms with Crippen molar-refractivity contribution in [1.82, 2.24) is 0 Å². The molecule has 0 atom stereocenters. The van der Waals surface area contributed by atoms with Crippen LogP contribution in [-0.4, -0.2) is 38.6 Å². The van der Waals surface area contributed by atoms with Gasteiger partial charge in [-0.1, -0.05) is 96.9 Å². The first-order valence-electron chi connectivity index (χ1n) is 15.1. The summed E-state index contributed by atoms with van der Waals surface area (Å²) in [5.74, 6) is 0.764. The van der Waals surface area contributed by atoms with Crippen molar-refractivity contribution in [3.63, 3.8) is 0 Å². The maximum absolute atomic E-state index is 5.62. The molecule has 0 N–H and O–H groups in total. The zero-order valence-electron chi connectivity index (χ0n) is 29.1. The third kappa shape index (κ3) is 53.0. The Morgan fingerprint density at radius 1 is 0.459 bits per heavy atom. The molecule has 228 valence electrons. The van der Waals surface area contributed by atoms with Crippen LogP contribution >= 0.6 is 0 Å². The molecule has 0 fully saturated rings. The van der Waals surface area contributed by atoms with E-state index in [9.17, 15) is 0 Å². The maximum Gasteiger partial charge on any atom is 0.0598 e. The summed E-state index contributed by atoms with van der Waals surface area (Å²) in [5.41, 5.74) is 1.64. The first kappa shape index (κ1) is 41.4. The van der Waals surface area contributed by atoms with Crippen LogP contribution in [0, 0.1) is 27.6 Å². The predicted octanol–water partition coefficient (Wildman–Crippen LogP) is 11.0. The Morgan fingerprint density at radius 2 is 0.892 bits per heavy atom. The minimum absolute atomic E-state index is 0.0257. The van der Waals surface area contributed by atoms with Gasteiger partial charge in [0.2, 0.25) is 0 Å². The van der Waals surface area contributed by atoms with Gasteiger partial charge in [0.05, 0.1) is 12.2 Å². The number of ether oxygens (including phenoxy) is 3. The Balaban J connectivity index is -0.000000469. The summed E-state index contributed by atoms with van der Waals surface area (Å²) < 4.78 is 16.7. The van der Waals surface area contributed by atoms with Crippen LogP contribution in [-0.2, 0) is 14.2 Å². The van der Waals surface area contributed by atoms with E-state index in [1.54, 1.807) is 0 Å². The molecule has 0 aromatic rings. The molecule has 3 heteroatoms. The fraction of sp³-hybridized carbons (Fsp3) is 1.00. The first-order chi connectivity index (χ1) is 16.3. The van der Waals surface area contributed by atoms with E-state index in [1.165, 1.54) is 32.1 Å². The van der Waals surface area contributed by atoms with Crippen molar-refractivity contribution < 1.29 is 14.2 Å². The normalized spacial score (nSPS) is 13.1. The average Bonchev–Trinajstić information content (AvgIpc) is 2.61. The third-order valence-corrected chi connectivity index (χ3v) is 5.19. The molecule has 0 radical (unpaired) electrons. The molecule has 0 aromatic heterocycles. The fourth-order valence-electron chi connectivity index (χ4n) is 2.86. The van der Waals surface area contributed by atoms with Crippen LogP contribution in [0.4, 0.5) is 0 Å². The van der Waals surface area contributed by atoms with Gasteiger partial charge in [-0.05, 0) is 86.9 Å². The highest BCUT2D eigenvalue weighted by atomic mass is 16.5. The van der Waals surface area contributed by atoms with Crippen LogP contribution in [0.15, 0.2) is 0 Å². The third-order valence-electron chi connectivity index (χ3n) is 5.19. The van der Waals surface area contributed by atoms with E-state index < -0.39 is 0 Å². The van der Waals surface area contributed by atoms with E-state index in [4.69, 9.17) is 14.2 Å². The lowest BCUT2D eigenvalue weighted by molar-refractivity contribution is -0.00720. The van der Waals surface area contributed by atoms with E-state index in [0.29, 0.717) is 21.7 Å². The molecule has 0 aliphatic rings. The molecule has 0 amide bonds. The average molecular weight is 531 g/mol. The highest BCUT2D eigenvalue weighted by Gasteiger charge is 2.13. The zero-order valence-corrected chi connectivity index (χ0v) is 29.1. The van der Waals surface area contributed by atoms with Gasteiger partial charge in [-0.25, -0.2) is 0 Å². The molecule has 0 aromatic carbocycles. The van der Waals surface area contributed by atoms with Gasteiger partial charge in [-0.15, -0.1) is 0 Å². The molecule has 0 bridgehead atoms. The van der Waals surface area contributed by atoms with E-state index in [-0.39, 0.29) is 5.60 Å². The monoisotopic (exact) mass is 531 g/mol. The van der Waals surface area contributed by atoms with Gasteiger partial charge in [0.1, 0.15) is 0 Å². The summed E-state index contributed by atoms with van der Waals surface area (Å²) in [5, 5.41) is 0. The van der Waals surface area contributed by atoms with E-state index >= 15 is 0 Å². The first-order valence-corrected chi connectivity index (χ1v) is 15.1. The second-order valence-electron chi connectivity index (χ2n) is 17.0. The van der Waals surface area contributed by atoms with Gasteiger partial charge < -0.3 is 14.2 Å². The Morgan fingerprint density at radius 3 is 1.24 bits per heavy atom. The lowest BCUT2D eigenvalue weighted by Gasteiger charge is -2.22. The predicted molar refractivity (Wildman–Crippen MR) is 168 cm³/mol. The van der Waals surface area contributed by atoms with Crippen LogP contribution in [0.1, 0.15) is 156 Å². The summed E-state index contributed by atoms with van der Waals surface area (Å²) in [6.07, 6.45) is 7.18. The molecule has 0 saturated carbocycles. The van der Waals surface area contributed by atoms with Gasteiger partial charge in [0.15, 0.2) is 0 Å². The quantitative estimate of drug-likeness (QED) is 0.235. The van der Waals surface area contributed by atoms with Crippen molar-refractivity contribution in [3.8, 4) is 0 Å². The summed E-state index contributed by atoms with van der Waals surface area (Å²) in [6, 6.07) is 0. The number of hydrogen-bond acceptors (Lipinski definition) is 3. The molecule has 0 rings (SSSR count). The van der Waals surface area contributed by atoms with Crippen molar-refractivity contribution in [2.45, 2.75) is 162 Å². The van der Waals surface area contributed by atoms with Gasteiger partial charge in [0, 0.05) is 26.4 Å². The van der Waals surface area contributed by atoms with Crippen LogP contribution < -0.4 is 0 Å². The van der Waals surface area contributed by atoms with Crippen molar-refractivity contribution in [1.29, 1.82) is 0 Å². The SMILES string of the molecule is CC(C)(C)CCCOC(C)(C)C.CC(C)(C)CCCOCC(C)(C)C.CC(C)CCOCCC(C)(C)C. The number of hydrogen-bond donors (Lipinski definition) is 0. The fourth-order valence-corrected chi connectivity index (χ4v) is 2.86. The highest BCUT2D eigenvalue weighted by Crippen LogP contribution is 2.22. The molecule has 0 aliphatic heterocycles. The molecule has 0 saturated heterocycles. The summed E-state index contributed by atoms with van der Waals surface area (Å²) >= 11 is 0. The minimum Gasteiger partial charge on any atom is -0.381 e. The summed E-state index contributed by atoms with van der Waals surface area (Å²) in [6.45, 7) is 42.3. The summed E-state index contributed by atoms with van der Waals surface area (Å²) in [7, 11) is 0. The molecule has 37 heavy (non-hydrogen) atoms. The van der Waals surface area contributed by atoms with Crippen LogP contribution in [0.5, 0.6) is 0 Å². The standard InChI is InChI=1S/C12H26O.2C11H24O/c1-11(2,3)8-7-9-13-10-12(4,5)6;1-10(2,3)8-7-9-12-11(4,5)6;1-10(2)6-8-12-9-7-11(3,4)5/h7-10H2,1-6H3;7-9H2,1-6H3;10H,6-9H2,1-5H3. The maximum atomic E-state index is 5.62.